The van der Waals surface area contributed by atoms with Gasteiger partial charge in [0.2, 0.25) is 5.95 Å². The van der Waals surface area contributed by atoms with Crippen LogP contribution in [0.1, 0.15) is 67.4 Å². The topological polar surface area (TPSA) is 96.9 Å². The number of nitrogens with zero attached hydrogens (tertiary/aromatic N) is 4. The molecule has 1 aromatic carbocycles. The number of hydrogen-bond donors (Lipinski definition) is 1. The fraction of sp³-hybridized carbons (Fsp3) is 0.520. The number of carbonyl (C=O) groups is 2. The molecule has 1 saturated heterocycles. The Morgan fingerprint density at radius 3 is 2.35 bits per heavy atom. The van der Waals surface area contributed by atoms with E-state index in [1.807, 2.05) is 6.07 Å². The molecule has 2 aliphatic rings. The highest BCUT2D eigenvalue weighted by atomic mass is 19.4. The Labute approximate surface area is 213 Å². The van der Waals surface area contributed by atoms with Crippen molar-refractivity contribution < 1.29 is 32.2 Å². The van der Waals surface area contributed by atoms with Crippen LogP contribution in [0.3, 0.4) is 0 Å². The van der Waals surface area contributed by atoms with Crippen LogP contribution in [0.2, 0.25) is 0 Å². The van der Waals surface area contributed by atoms with Crippen LogP contribution in [0.25, 0.3) is 0 Å². The van der Waals surface area contributed by atoms with Gasteiger partial charge in [-0.25, -0.2) is 14.8 Å². The Kier molecular flexibility index (Phi) is 7.47. The van der Waals surface area contributed by atoms with E-state index in [2.05, 4.69) is 20.0 Å². The normalized spacial score (nSPS) is 16.4. The Morgan fingerprint density at radius 2 is 1.73 bits per heavy atom. The number of alkyl halides is 3. The summed E-state index contributed by atoms with van der Waals surface area (Å²) in [5.74, 6) is -0.0952. The largest absolute Gasteiger partial charge is 0.573 e. The van der Waals surface area contributed by atoms with E-state index in [1.165, 1.54) is 34.3 Å². The summed E-state index contributed by atoms with van der Waals surface area (Å²) in [6, 6.07) is 4.60. The van der Waals surface area contributed by atoms with Crippen LogP contribution in [-0.4, -0.2) is 63.5 Å². The van der Waals surface area contributed by atoms with Crippen LogP contribution in [0.15, 0.2) is 30.6 Å². The van der Waals surface area contributed by atoms with Crippen molar-refractivity contribution in [1.82, 2.24) is 19.8 Å². The van der Waals surface area contributed by atoms with E-state index in [9.17, 15) is 22.8 Å². The minimum atomic E-state index is -4.77. The zero-order chi connectivity index (χ0) is 26.8. The van der Waals surface area contributed by atoms with Crippen LogP contribution in [0.4, 0.5) is 23.9 Å². The first-order valence-electron chi connectivity index (χ1n) is 12.1. The monoisotopic (exact) mass is 521 g/mol. The minimum Gasteiger partial charge on any atom is -0.444 e. The van der Waals surface area contributed by atoms with Gasteiger partial charge < -0.3 is 19.7 Å². The third-order valence-electron chi connectivity index (χ3n) is 5.76. The van der Waals surface area contributed by atoms with Gasteiger partial charge >= 0.3 is 12.5 Å². The predicted molar refractivity (Wildman–Crippen MR) is 128 cm³/mol. The maximum absolute atomic E-state index is 12.9. The third kappa shape index (κ3) is 7.70. The second kappa shape index (κ2) is 10.4. The van der Waals surface area contributed by atoms with Crippen molar-refractivity contribution in [2.75, 3.05) is 25.1 Å². The highest BCUT2D eigenvalue weighted by molar-refractivity contribution is 5.94. The highest BCUT2D eigenvalue weighted by Crippen LogP contribution is 2.42. The molecule has 200 valence electrons. The lowest BCUT2D eigenvalue weighted by Crippen LogP contribution is -2.51. The third-order valence-corrected chi connectivity index (χ3v) is 5.76. The summed E-state index contributed by atoms with van der Waals surface area (Å²) in [5, 5.41) is 2.97. The maximum Gasteiger partial charge on any atom is 0.573 e. The fourth-order valence-corrected chi connectivity index (χ4v) is 3.97. The lowest BCUT2D eigenvalue weighted by atomic mass is 10.1. The minimum absolute atomic E-state index is 0.105. The standard InChI is InChI=1S/C25H30F3N5O4/c1-24(2,3)37-23(35)33-8-4-7-32(15-33)21(34)19-13-30-22(31-14-19)29-12-16-9-18(17-5-6-17)11-20(10-16)36-25(26,27)28/h9-11,13-14,17H,4-8,12,15H2,1-3H3,(H,29,30,31). The van der Waals surface area contributed by atoms with Gasteiger partial charge in [-0.15, -0.1) is 13.2 Å². The van der Waals surface area contributed by atoms with Crippen molar-refractivity contribution in [3.05, 3.63) is 47.3 Å². The molecule has 1 saturated carbocycles. The number of anilines is 1. The zero-order valence-corrected chi connectivity index (χ0v) is 21.0. The number of ether oxygens (including phenoxy) is 2. The fourth-order valence-electron chi connectivity index (χ4n) is 3.97. The summed E-state index contributed by atoms with van der Waals surface area (Å²) >= 11 is 0. The number of amides is 2. The van der Waals surface area contributed by atoms with Crippen LogP contribution < -0.4 is 10.1 Å². The number of halogens is 3. The van der Waals surface area contributed by atoms with Crippen LogP contribution in [-0.2, 0) is 11.3 Å². The molecule has 0 spiro atoms. The average Bonchev–Trinajstić information content (AvgIpc) is 3.66. The second-order valence-corrected chi connectivity index (χ2v) is 10.2. The Balaban J connectivity index is 1.36. The summed E-state index contributed by atoms with van der Waals surface area (Å²) in [5.41, 5.74) is 1.03. The van der Waals surface area contributed by atoms with Crippen molar-refractivity contribution in [3.8, 4) is 5.75 Å². The van der Waals surface area contributed by atoms with E-state index in [0.29, 0.717) is 25.1 Å². The van der Waals surface area contributed by atoms with Gasteiger partial charge in [0, 0.05) is 32.0 Å². The van der Waals surface area contributed by atoms with Gasteiger partial charge in [0.1, 0.15) is 11.4 Å². The first-order chi connectivity index (χ1) is 17.4. The van der Waals surface area contributed by atoms with Gasteiger partial charge in [-0.05, 0) is 69.2 Å². The molecule has 0 radical (unpaired) electrons. The molecule has 1 aliphatic carbocycles. The summed E-state index contributed by atoms with van der Waals surface area (Å²) in [4.78, 5) is 36.7. The number of benzene rings is 1. The molecule has 2 aromatic rings. The SMILES string of the molecule is CC(C)(C)OC(=O)N1CCCN(C(=O)c2cnc(NCc3cc(OC(F)(F)F)cc(C4CC4)c3)nc2)C1. The van der Waals surface area contributed by atoms with Crippen molar-refractivity contribution in [1.29, 1.82) is 0 Å². The molecule has 2 heterocycles. The van der Waals surface area contributed by atoms with Crippen molar-refractivity contribution in [2.45, 2.75) is 64.5 Å². The van der Waals surface area contributed by atoms with Crippen molar-refractivity contribution in [3.63, 3.8) is 0 Å². The van der Waals surface area contributed by atoms with E-state index in [4.69, 9.17) is 4.74 Å². The van der Waals surface area contributed by atoms with E-state index in [1.54, 1.807) is 20.8 Å². The van der Waals surface area contributed by atoms with Crippen LogP contribution in [0.5, 0.6) is 5.75 Å². The molecule has 9 nitrogen and oxygen atoms in total. The first kappa shape index (κ1) is 26.5. The quantitative estimate of drug-likeness (QED) is 0.577. The average molecular weight is 522 g/mol. The van der Waals surface area contributed by atoms with Gasteiger partial charge in [0.05, 0.1) is 12.2 Å². The molecule has 2 fully saturated rings. The van der Waals surface area contributed by atoms with Gasteiger partial charge in [-0.3, -0.25) is 9.69 Å². The summed E-state index contributed by atoms with van der Waals surface area (Å²) in [6.07, 6.45) is 0.00449. The molecule has 2 amide bonds. The van der Waals surface area contributed by atoms with E-state index in [0.717, 1.165) is 18.4 Å². The smallest absolute Gasteiger partial charge is 0.444 e. The lowest BCUT2D eigenvalue weighted by Gasteiger charge is -2.36. The Morgan fingerprint density at radius 1 is 1.05 bits per heavy atom. The van der Waals surface area contributed by atoms with Gasteiger partial charge in [-0.2, -0.15) is 0 Å². The van der Waals surface area contributed by atoms with Crippen molar-refractivity contribution >= 4 is 17.9 Å². The molecule has 12 heteroatoms. The molecule has 0 bridgehead atoms. The molecule has 1 aliphatic heterocycles. The van der Waals surface area contributed by atoms with E-state index in [-0.39, 0.29) is 42.3 Å². The number of hydrogen-bond acceptors (Lipinski definition) is 7. The van der Waals surface area contributed by atoms with Gasteiger partial charge in [-0.1, -0.05) is 6.07 Å². The lowest BCUT2D eigenvalue weighted by molar-refractivity contribution is -0.274. The van der Waals surface area contributed by atoms with Crippen LogP contribution >= 0.6 is 0 Å². The number of nitrogens with one attached hydrogen (secondary N) is 1. The van der Waals surface area contributed by atoms with E-state index >= 15 is 0 Å². The summed E-state index contributed by atoms with van der Waals surface area (Å²) in [6.45, 7) is 6.61. The molecule has 1 N–H and O–H groups in total. The highest BCUT2D eigenvalue weighted by Gasteiger charge is 2.33. The first-order valence-corrected chi connectivity index (χ1v) is 12.1. The molecular formula is C25H30F3N5O4. The Hall–Kier alpha value is -3.57. The van der Waals surface area contributed by atoms with E-state index < -0.39 is 18.1 Å². The summed E-state index contributed by atoms with van der Waals surface area (Å²) in [7, 11) is 0. The molecule has 1 aromatic heterocycles. The zero-order valence-electron chi connectivity index (χ0n) is 21.0. The summed E-state index contributed by atoms with van der Waals surface area (Å²) < 4.78 is 47.7. The Bertz CT molecular complexity index is 1130. The molecule has 4 rings (SSSR count). The van der Waals surface area contributed by atoms with Crippen LogP contribution in [0, 0.1) is 0 Å². The number of rotatable bonds is 6. The molecule has 0 unspecified atom stereocenters. The van der Waals surface area contributed by atoms with Gasteiger partial charge in [0.15, 0.2) is 0 Å². The second-order valence-electron chi connectivity index (χ2n) is 10.2. The van der Waals surface area contributed by atoms with Crippen molar-refractivity contribution in [2.24, 2.45) is 0 Å². The maximum atomic E-state index is 12.9. The van der Waals surface area contributed by atoms with Gasteiger partial charge in [0.25, 0.3) is 5.91 Å². The molecular weight excluding hydrogens is 491 g/mol. The molecule has 37 heavy (non-hydrogen) atoms. The predicted octanol–water partition coefficient (Wildman–Crippen LogP) is 4.91. The number of aromatic nitrogens is 2. The number of carbonyl (C=O) groups excluding carboxylic acids is 2. The molecule has 0 atom stereocenters.